The maximum atomic E-state index is 13.5. The summed E-state index contributed by atoms with van der Waals surface area (Å²) in [6.45, 7) is 0.575. The summed E-state index contributed by atoms with van der Waals surface area (Å²) in [7, 11) is 0. The normalized spacial score (nSPS) is 10.7. The molecule has 1 nitrogen and oxygen atoms in total. The number of benzene rings is 1. The van der Waals surface area contributed by atoms with Gasteiger partial charge in [-0.3, -0.25) is 0 Å². The van der Waals surface area contributed by atoms with E-state index in [9.17, 15) is 8.78 Å². The highest BCUT2D eigenvalue weighted by Crippen LogP contribution is 2.30. The van der Waals surface area contributed by atoms with Gasteiger partial charge in [0, 0.05) is 21.4 Å². The minimum atomic E-state index is -0.556. The van der Waals surface area contributed by atoms with Crippen LogP contribution in [0.2, 0.25) is 0 Å². The third-order valence-corrected chi connectivity index (χ3v) is 3.43. The molecule has 1 aromatic carbocycles. The van der Waals surface area contributed by atoms with Crippen LogP contribution in [-0.2, 0) is 6.42 Å². The molecule has 2 rings (SSSR count). The van der Waals surface area contributed by atoms with Crippen LogP contribution in [0.15, 0.2) is 30.3 Å². The molecule has 1 aromatic heterocycles. The summed E-state index contributed by atoms with van der Waals surface area (Å²) in [6.07, 6.45) is 0.785. The van der Waals surface area contributed by atoms with Crippen LogP contribution in [0.5, 0.6) is 0 Å². The van der Waals surface area contributed by atoms with Crippen molar-refractivity contribution in [1.29, 1.82) is 0 Å². The Balaban J connectivity index is 2.35. The lowest BCUT2D eigenvalue weighted by molar-refractivity contribution is 0.586. The van der Waals surface area contributed by atoms with Crippen LogP contribution in [0.25, 0.3) is 10.4 Å². The van der Waals surface area contributed by atoms with Gasteiger partial charge in [0.05, 0.1) is 0 Å². The summed E-state index contributed by atoms with van der Waals surface area (Å²) in [4.78, 5) is 1.92. The summed E-state index contributed by atoms with van der Waals surface area (Å²) < 4.78 is 26.2. The van der Waals surface area contributed by atoms with Crippen LogP contribution in [0.4, 0.5) is 8.78 Å². The van der Waals surface area contributed by atoms with Gasteiger partial charge in [0.1, 0.15) is 11.6 Å². The van der Waals surface area contributed by atoms with E-state index in [1.807, 2.05) is 12.1 Å². The second-order valence-electron chi connectivity index (χ2n) is 3.43. The van der Waals surface area contributed by atoms with Gasteiger partial charge in [0.15, 0.2) is 0 Å². The first-order chi connectivity index (χ1) is 7.70. The second kappa shape index (κ2) is 4.72. The lowest BCUT2D eigenvalue weighted by atomic mass is 10.2. The zero-order valence-electron chi connectivity index (χ0n) is 8.54. The van der Waals surface area contributed by atoms with Gasteiger partial charge >= 0.3 is 0 Å². The highest BCUT2D eigenvalue weighted by atomic mass is 32.1. The van der Waals surface area contributed by atoms with Crippen LogP contribution in [-0.4, -0.2) is 6.54 Å². The molecule has 16 heavy (non-hydrogen) atoms. The van der Waals surface area contributed by atoms with E-state index in [0.717, 1.165) is 22.2 Å². The molecule has 0 radical (unpaired) electrons. The molecular formula is C12H11F2NS. The second-order valence-corrected chi connectivity index (χ2v) is 4.60. The average molecular weight is 239 g/mol. The van der Waals surface area contributed by atoms with Crippen molar-refractivity contribution in [2.45, 2.75) is 6.42 Å². The molecule has 0 aliphatic rings. The molecule has 0 unspecified atom stereocenters. The molecule has 84 valence electrons. The molecule has 1 heterocycles. The highest BCUT2D eigenvalue weighted by molar-refractivity contribution is 7.15. The van der Waals surface area contributed by atoms with E-state index in [1.54, 1.807) is 0 Å². The van der Waals surface area contributed by atoms with Gasteiger partial charge in [0.2, 0.25) is 0 Å². The summed E-state index contributed by atoms with van der Waals surface area (Å²) >= 11 is 1.49. The van der Waals surface area contributed by atoms with Crippen molar-refractivity contribution in [1.82, 2.24) is 0 Å². The van der Waals surface area contributed by atoms with Crippen LogP contribution in [0, 0.1) is 11.6 Å². The van der Waals surface area contributed by atoms with Gasteiger partial charge in [-0.05, 0) is 37.2 Å². The standard InChI is InChI=1S/C12H11F2NS/c13-8-1-3-10(11(14)7-8)12-4-2-9(16-12)5-6-15/h1-4,7H,5-6,15H2. The molecule has 0 fully saturated rings. The number of thiophene rings is 1. The van der Waals surface area contributed by atoms with Gasteiger partial charge in [-0.25, -0.2) is 8.78 Å². The van der Waals surface area contributed by atoms with E-state index < -0.39 is 11.6 Å². The van der Waals surface area contributed by atoms with Crippen molar-refractivity contribution in [3.63, 3.8) is 0 Å². The first-order valence-electron chi connectivity index (χ1n) is 4.95. The Morgan fingerprint density at radius 1 is 1.12 bits per heavy atom. The average Bonchev–Trinajstić information content (AvgIpc) is 2.67. The lowest BCUT2D eigenvalue weighted by Crippen LogP contribution is -2.00. The topological polar surface area (TPSA) is 26.0 Å². The predicted octanol–water partition coefficient (Wildman–Crippen LogP) is 3.19. The van der Waals surface area contributed by atoms with Gasteiger partial charge in [0.25, 0.3) is 0 Å². The van der Waals surface area contributed by atoms with E-state index in [2.05, 4.69) is 0 Å². The Labute approximate surface area is 96.5 Å². The molecule has 0 amide bonds. The Kier molecular flexibility index (Phi) is 3.31. The Morgan fingerprint density at radius 2 is 1.94 bits per heavy atom. The van der Waals surface area contributed by atoms with Crippen LogP contribution >= 0.6 is 11.3 Å². The van der Waals surface area contributed by atoms with E-state index in [-0.39, 0.29) is 0 Å². The zero-order chi connectivity index (χ0) is 11.5. The summed E-state index contributed by atoms with van der Waals surface area (Å²) in [5, 5.41) is 0. The van der Waals surface area contributed by atoms with Gasteiger partial charge in [-0.2, -0.15) is 0 Å². The zero-order valence-corrected chi connectivity index (χ0v) is 9.36. The molecule has 2 N–H and O–H groups in total. The molecule has 0 aliphatic carbocycles. The van der Waals surface area contributed by atoms with Gasteiger partial charge in [-0.15, -0.1) is 11.3 Å². The molecule has 0 spiro atoms. The maximum absolute atomic E-state index is 13.5. The number of nitrogens with two attached hydrogens (primary N) is 1. The number of hydrogen-bond acceptors (Lipinski definition) is 2. The van der Waals surface area contributed by atoms with Crippen molar-refractivity contribution in [2.75, 3.05) is 6.54 Å². The van der Waals surface area contributed by atoms with E-state index in [4.69, 9.17) is 5.73 Å². The van der Waals surface area contributed by atoms with Gasteiger partial charge < -0.3 is 5.73 Å². The maximum Gasteiger partial charge on any atom is 0.134 e. The van der Waals surface area contributed by atoms with Crippen LogP contribution < -0.4 is 5.73 Å². The fourth-order valence-corrected chi connectivity index (χ4v) is 2.54. The monoisotopic (exact) mass is 239 g/mol. The molecule has 4 heteroatoms. The Hall–Kier alpha value is -1.26. The lowest BCUT2D eigenvalue weighted by Gasteiger charge is -1.99. The smallest absolute Gasteiger partial charge is 0.134 e. The number of hydrogen-bond donors (Lipinski definition) is 1. The summed E-state index contributed by atoms with van der Waals surface area (Å²) in [5.74, 6) is -1.08. The molecule has 0 saturated heterocycles. The van der Waals surface area contributed by atoms with Crippen molar-refractivity contribution < 1.29 is 8.78 Å². The molecule has 2 aromatic rings. The van der Waals surface area contributed by atoms with Crippen molar-refractivity contribution in [3.05, 3.63) is 46.8 Å². The highest BCUT2D eigenvalue weighted by Gasteiger charge is 2.08. The molecule has 0 saturated carbocycles. The minimum Gasteiger partial charge on any atom is -0.330 e. The summed E-state index contributed by atoms with van der Waals surface area (Å²) in [6, 6.07) is 7.39. The minimum absolute atomic E-state index is 0.440. The van der Waals surface area contributed by atoms with E-state index in [0.29, 0.717) is 12.1 Å². The van der Waals surface area contributed by atoms with Crippen molar-refractivity contribution in [2.24, 2.45) is 5.73 Å². The Morgan fingerprint density at radius 3 is 2.62 bits per heavy atom. The van der Waals surface area contributed by atoms with Gasteiger partial charge in [-0.1, -0.05) is 0 Å². The third kappa shape index (κ3) is 2.28. The van der Waals surface area contributed by atoms with Crippen molar-refractivity contribution in [3.8, 4) is 10.4 Å². The molecule has 0 aliphatic heterocycles. The first kappa shape index (κ1) is 11.2. The molecule has 0 atom stereocenters. The third-order valence-electron chi connectivity index (χ3n) is 2.25. The Bertz CT molecular complexity index is 494. The van der Waals surface area contributed by atoms with E-state index >= 15 is 0 Å². The predicted molar refractivity (Wildman–Crippen MR) is 62.4 cm³/mol. The SMILES string of the molecule is NCCc1ccc(-c2ccc(F)cc2F)s1. The largest absolute Gasteiger partial charge is 0.330 e. The number of halogens is 2. The fraction of sp³-hybridized carbons (Fsp3) is 0.167. The van der Waals surface area contributed by atoms with Crippen LogP contribution in [0.1, 0.15) is 4.88 Å². The molecule has 0 bridgehead atoms. The van der Waals surface area contributed by atoms with Crippen molar-refractivity contribution >= 4 is 11.3 Å². The number of rotatable bonds is 3. The fourth-order valence-electron chi connectivity index (χ4n) is 1.49. The summed E-state index contributed by atoms with van der Waals surface area (Å²) in [5.41, 5.74) is 5.88. The molecular weight excluding hydrogens is 228 g/mol. The quantitative estimate of drug-likeness (QED) is 0.874. The first-order valence-corrected chi connectivity index (χ1v) is 5.76. The van der Waals surface area contributed by atoms with E-state index in [1.165, 1.54) is 23.5 Å². The van der Waals surface area contributed by atoms with Crippen LogP contribution in [0.3, 0.4) is 0 Å².